The lowest BCUT2D eigenvalue weighted by atomic mass is 10.3. The lowest BCUT2D eigenvalue weighted by Crippen LogP contribution is -2.39. The van der Waals surface area contributed by atoms with E-state index in [0.29, 0.717) is 31.4 Å². The number of tetrazole rings is 1. The molecular formula is C13H19N9O2. The van der Waals surface area contributed by atoms with Crippen LogP contribution in [0.15, 0.2) is 18.6 Å². The van der Waals surface area contributed by atoms with Gasteiger partial charge in [0.25, 0.3) is 0 Å². The van der Waals surface area contributed by atoms with E-state index in [0.717, 1.165) is 0 Å². The van der Waals surface area contributed by atoms with Crippen LogP contribution in [0.2, 0.25) is 0 Å². The van der Waals surface area contributed by atoms with Crippen molar-refractivity contribution in [2.45, 2.75) is 12.6 Å². The number of hydrogen-bond donors (Lipinski definition) is 2. The summed E-state index contributed by atoms with van der Waals surface area (Å²) in [6.07, 6.45) is 2.24. The largest absolute Gasteiger partial charge is 0.389 e. The van der Waals surface area contributed by atoms with Crippen molar-refractivity contribution in [3.63, 3.8) is 0 Å². The minimum Gasteiger partial charge on any atom is -0.389 e. The number of hydrogen-bond acceptors (Lipinski definition) is 9. The van der Waals surface area contributed by atoms with E-state index < -0.39 is 6.10 Å². The monoisotopic (exact) mass is 333 g/mol. The van der Waals surface area contributed by atoms with Crippen LogP contribution in [0.1, 0.15) is 0 Å². The molecule has 1 unspecified atom stereocenters. The van der Waals surface area contributed by atoms with Gasteiger partial charge in [0.05, 0.1) is 6.10 Å². The second kappa shape index (κ2) is 7.17. The smallest absolute Gasteiger partial charge is 0.246 e. The fourth-order valence-corrected chi connectivity index (χ4v) is 2.52. The van der Waals surface area contributed by atoms with Gasteiger partial charge in [-0.3, -0.25) is 4.79 Å². The maximum atomic E-state index is 12.3. The highest BCUT2D eigenvalue weighted by atomic mass is 16.3. The minimum absolute atomic E-state index is 0.00153. The molecule has 0 aromatic carbocycles. The molecule has 2 N–H and O–H groups in total. The number of carbonyl (C=O) groups excluding carboxylic acids is 1. The van der Waals surface area contributed by atoms with E-state index in [1.165, 1.54) is 11.1 Å². The van der Waals surface area contributed by atoms with Gasteiger partial charge in [-0.2, -0.15) is 9.78 Å². The summed E-state index contributed by atoms with van der Waals surface area (Å²) >= 11 is 0. The molecule has 0 spiro atoms. The number of nitrogens with zero attached hydrogens (tertiary/aromatic N) is 8. The third-order valence-corrected chi connectivity index (χ3v) is 3.70. The van der Waals surface area contributed by atoms with E-state index >= 15 is 0 Å². The Hall–Kier alpha value is -2.82. The van der Waals surface area contributed by atoms with Crippen LogP contribution < -0.4 is 10.2 Å². The molecule has 3 rings (SSSR count). The van der Waals surface area contributed by atoms with E-state index in [-0.39, 0.29) is 19.0 Å². The Bertz CT molecular complexity index is 678. The first-order valence-corrected chi connectivity index (χ1v) is 7.58. The van der Waals surface area contributed by atoms with Gasteiger partial charge < -0.3 is 20.2 Å². The van der Waals surface area contributed by atoms with Gasteiger partial charge in [-0.15, -0.1) is 10.2 Å². The summed E-state index contributed by atoms with van der Waals surface area (Å²) in [7, 11) is 1.78. The molecule has 2 aromatic rings. The summed E-state index contributed by atoms with van der Waals surface area (Å²) in [4.78, 5) is 25.6. The number of aliphatic hydroxyl groups excluding tert-OH is 1. The summed E-state index contributed by atoms with van der Waals surface area (Å²) in [5.74, 6) is 1.05. The Kier molecular flexibility index (Phi) is 4.79. The van der Waals surface area contributed by atoms with Crippen molar-refractivity contribution in [3.8, 4) is 0 Å². The van der Waals surface area contributed by atoms with Crippen LogP contribution in [0.3, 0.4) is 0 Å². The maximum Gasteiger partial charge on any atom is 0.246 e. The van der Waals surface area contributed by atoms with Crippen LogP contribution in [-0.2, 0) is 11.3 Å². The second-order valence-electron chi connectivity index (χ2n) is 5.40. The Morgan fingerprint density at radius 1 is 1.42 bits per heavy atom. The summed E-state index contributed by atoms with van der Waals surface area (Å²) in [5.41, 5.74) is 0. The van der Waals surface area contributed by atoms with Crippen LogP contribution in [0.4, 0.5) is 11.8 Å². The molecule has 1 aliphatic heterocycles. The molecule has 1 saturated heterocycles. The first-order valence-electron chi connectivity index (χ1n) is 7.58. The van der Waals surface area contributed by atoms with Crippen molar-refractivity contribution in [2.24, 2.45) is 0 Å². The molecule has 0 aliphatic carbocycles. The van der Waals surface area contributed by atoms with Crippen molar-refractivity contribution in [2.75, 3.05) is 43.4 Å². The molecule has 0 radical (unpaired) electrons. The topological polar surface area (TPSA) is 125 Å². The van der Waals surface area contributed by atoms with E-state index in [2.05, 4.69) is 30.7 Å². The molecule has 1 amide bonds. The predicted molar refractivity (Wildman–Crippen MR) is 84.2 cm³/mol. The van der Waals surface area contributed by atoms with Crippen LogP contribution in [0.25, 0.3) is 0 Å². The van der Waals surface area contributed by atoms with Gasteiger partial charge in [-0.25, -0.2) is 4.98 Å². The summed E-state index contributed by atoms with van der Waals surface area (Å²) in [5, 5.41) is 24.3. The molecule has 0 saturated carbocycles. The maximum absolute atomic E-state index is 12.3. The number of aromatic nitrogens is 6. The van der Waals surface area contributed by atoms with Crippen molar-refractivity contribution in [1.29, 1.82) is 0 Å². The highest BCUT2D eigenvalue weighted by molar-refractivity contribution is 5.76. The van der Waals surface area contributed by atoms with Crippen LogP contribution in [0.5, 0.6) is 0 Å². The zero-order valence-corrected chi connectivity index (χ0v) is 13.3. The predicted octanol–water partition coefficient (Wildman–Crippen LogP) is -1.79. The van der Waals surface area contributed by atoms with Crippen molar-refractivity contribution in [1.82, 2.24) is 35.1 Å². The van der Waals surface area contributed by atoms with E-state index in [9.17, 15) is 9.90 Å². The van der Waals surface area contributed by atoms with Crippen LogP contribution in [0, 0.1) is 0 Å². The average Bonchev–Trinajstić information content (AvgIpc) is 3.01. The summed E-state index contributed by atoms with van der Waals surface area (Å²) in [6, 6.07) is 1.76. The summed E-state index contributed by atoms with van der Waals surface area (Å²) < 4.78 is 0. The van der Waals surface area contributed by atoms with Gasteiger partial charge in [-0.1, -0.05) is 0 Å². The number of rotatable bonds is 4. The van der Waals surface area contributed by atoms with E-state index in [1.807, 2.05) is 4.90 Å². The zero-order chi connectivity index (χ0) is 16.9. The highest BCUT2D eigenvalue weighted by Crippen LogP contribution is 2.14. The third kappa shape index (κ3) is 3.74. The fourth-order valence-electron chi connectivity index (χ4n) is 2.52. The number of anilines is 2. The molecule has 1 fully saturated rings. The zero-order valence-electron chi connectivity index (χ0n) is 13.3. The SMILES string of the molecule is CNc1ccnc(N2CCN(C(=O)Cn3ncnn3)CC(O)C2)n1. The Labute approximate surface area is 138 Å². The Morgan fingerprint density at radius 2 is 2.29 bits per heavy atom. The van der Waals surface area contributed by atoms with Gasteiger partial charge in [-0.05, 0) is 11.3 Å². The van der Waals surface area contributed by atoms with Crippen molar-refractivity contribution >= 4 is 17.7 Å². The van der Waals surface area contributed by atoms with Gasteiger partial charge in [0.1, 0.15) is 12.4 Å². The molecule has 1 atom stereocenters. The van der Waals surface area contributed by atoms with E-state index in [4.69, 9.17) is 0 Å². The number of amides is 1. The average molecular weight is 333 g/mol. The molecular weight excluding hydrogens is 314 g/mol. The number of nitrogens with one attached hydrogen (secondary N) is 1. The fraction of sp³-hybridized carbons (Fsp3) is 0.538. The van der Waals surface area contributed by atoms with Crippen molar-refractivity contribution < 1.29 is 9.90 Å². The summed E-state index contributed by atoms with van der Waals surface area (Å²) in [6.45, 7) is 1.59. The quantitative estimate of drug-likeness (QED) is 0.667. The van der Waals surface area contributed by atoms with E-state index in [1.54, 1.807) is 24.2 Å². The molecule has 11 heteroatoms. The highest BCUT2D eigenvalue weighted by Gasteiger charge is 2.26. The van der Waals surface area contributed by atoms with Crippen LogP contribution in [-0.4, -0.2) is 85.4 Å². The normalized spacial score (nSPS) is 18.3. The molecule has 24 heavy (non-hydrogen) atoms. The first-order chi connectivity index (χ1) is 11.7. The number of carbonyl (C=O) groups is 1. The molecule has 2 aromatic heterocycles. The number of β-amino-alcohol motifs (C(OH)–C–C–N with tert-alkyl or cyclic N) is 1. The van der Waals surface area contributed by atoms with Gasteiger partial charge in [0.2, 0.25) is 11.9 Å². The molecule has 3 heterocycles. The lowest BCUT2D eigenvalue weighted by molar-refractivity contribution is -0.133. The molecule has 11 nitrogen and oxygen atoms in total. The third-order valence-electron chi connectivity index (χ3n) is 3.70. The Balaban J connectivity index is 1.67. The van der Waals surface area contributed by atoms with Crippen LogP contribution >= 0.6 is 0 Å². The lowest BCUT2D eigenvalue weighted by Gasteiger charge is -2.21. The standard InChI is InChI=1S/C13H19N9O2/c1-14-11-2-3-15-13(18-11)21-5-4-20(6-10(23)7-21)12(24)8-22-17-9-16-19-22/h2-3,9-10,23H,4-8H2,1H3,(H,14,15,18). The minimum atomic E-state index is -0.693. The second-order valence-corrected chi connectivity index (χ2v) is 5.40. The number of aliphatic hydroxyl groups is 1. The first kappa shape index (κ1) is 16.1. The van der Waals surface area contributed by atoms with Gasteiger partial charge >= 0.3 is 0 Å². The Morgan fingerprint density at radius 3 is 3.04 bits per heavy atom. The van der Waals surface area contributed by atoms with Crippen molar-refractivity contribution in [3.05, 3.63) is 18.6 Å². The molecule has 0 bridgehead atoms. The molecule has 1 aliphatic rings. The van der Waals surface area contributed by atoms with Gasteiger partial charge in [0, 0.05) is 39.4 Å². The molecule has 128 valence electrons. The van der Waals surface area contributed by atoms with Gasteiger partial charge in [0.15, 0.2) is 6.33 Å².